The molecule has 29 heavy (non-hydrogen) atoms. The van der Waals surface area contributed by atoms with E-state index in [1.54, 1.807) is 30.3 Å². The van der Waals surface area contributed by atoms with Crippen molar-refractivity contribution in [2.45, 2.75) is 6.61 Å². The van der Waals surface area contributed by atoms with Crippen LogP contribution in [0.5, 0.6) is 5.75 Å². The number of hydrogen-bond donors (Lipinski definition) is 2. The van der Waals surface area contributed by atoms with Crippen molar-refractivity contribution in [1.82, 2.24) is 9.97 Å². The highest BCUT2D eigenvalue weighted by molar-refractivity contribution is 9.10. The average Bonchev–Trinajstić information content (AvgIpc) is 2.66. The first-order valence-electron chi connectivity index (χ1n) is 8.19. The topological polar surface area (TPSA) is 118 Å². The molecule has 0 saturated heterocycles. The Bertz CT molecular complexity index is 1200. The molecule has 0 amide bonds. The smallest absolute Gasteiger partial charge is 0.357 e. The predicted octanol–water partition coefficient (Wildman–Crippen LogP) is 3.62. The molecule has 0 aliphatic carbocycles. The monoisotopic (exact) mass is 461 g/mol. The van der Waals surface area contributed by atoms with Crippen molar-refractivity contribution in [3.8, 4) is 5.75 Å². The van der Waals surface area contributed by atoms with E-state index < -0.39 is 21.9 Å². The lowest BCUT2D eigenvalue weighted by atomic mass is 10.2. The Morgan fingerprint density at radius 3 is 2.48 bits per heavy atom. The summed E-state index contributed by atoms with van der Waals surface area (Å²) in [6.07, 6.45) is 2.78. The molecule has 0 aliphatic rings. The molecule has 0 aliphatic heterocycles. The van der Waals surface area contributed by atoms with Gasteiger partial charge >= 0.3 is 16.9 Å². The van der Waals surface area contributed by atoms with Gasteiger partial charge in [0.05, 0.1) is 9.40 Å². The van der Waals surface area contributed by atoms with Gasteiger partial charge in [0.25, 0.3) is 0 Å². The van der Waals surface area contributed by atoms with E-state index in [0.717, 1.165) is 5.56 Å². The van der Waals surface area contributed by atoms with Crippen LogP contribution in [-0.2, 0) is 6.61 Å². The highest BCUT2D eigenvalue weighted by atomic mass is 79.9. The largest absolute Gasteiger partial charge is 0.488 e. The molecule has 8 nitrogen and oxygen atoms in total. The normalized spacial score (nSPS) is 11.0. The zero-order valence-electron chi connectivity index (χ0n) is 14.6. The third kappa shape index (κ3) is 5.05. The quantitative estimate of drug-likeness (QED) is 0.429. The summed E-state index contributed by atoms with van der Waals surface area (Å²) in [5.41, 5.74) is -1.44. The Morgan fingerprint density at radius 2 is 1.83 bits per heavy atom. The molecule has 0 spiro atoms. The van der Waals surface area contributed by atoms with Crippen LogP contribution in [0, 0.1) is 15.9 Å². The van der Waals surface area contributed by atoms with Crippen LogP contribution in [0.1, 0.15) is 16.8 Å². The van der Waals surface area contributed by atoms with E-state index >= 15 is 0 Å². The van der Waals surface area contributed by atoms with Crippen LogP contribution in [0.2, 0.25) is 0 Å². The lowest BCUT2D eigenvalue weighted by Gasteiger charge is -2.09. The molecule has 0 saturated carbocycles. The van der Waals surface area contributed by atoms with Crippen LogP contribution in [0.3, 0.4) is 0 Å². The van der Waals surface area contributed by atoms with Crippen LogP contribution in [0.25, 0.3) is 12.2 Å². The van der Waals surface area contributed by atoms with Crippen molar-refractivity contribution in [1.29, 1.82) is 0 Å². The number of aromatic nitrogens is 2. The highest BCUT2D eigenvalue weighted by Gasteiger charge is 2.18. The minimum absolute atomic E-state index is 0.212. The van der Waals surface area contributed by atoms with Gasteiger partial charge in [0.2, 0.25) is 0 Å². The van der Waals surface area contributed by atoms with E-state index in [1.165, 1.54) is 24.3 Å². The molecular weight excluding hydrogens is 449 g/mol. The van der Waals surface area contributed by atoms with E-state index in [9.17, 15) is 24.1 Å². The zero-order valence-corrected chi connectivity index (χ0v) is 16.2. The van der Waals surface area contributed by atoms with Crippen LogP contribution in [0.15, 0.2) is 56.5 Å². The first kappa shape index (κ1) is 20.2. The van der Waals surface area contributed by atoms with E-state index in [-0.39, 0.29) is 18.1 Å². The fourth-order valence-electron chi connectivity index (χ4n) is 2.46. The Hall–Kier alpha value is -3.53. The van der Waals surface area contributed by atoms with Crippen LogP contribution < -0.4 is 16.0 Å². The molecule has 1 aromatic heterocycles. The molecule has 10 heteroatoms. The molecular formula is C19H13BrFN3O5. The van der Waals surface area contributed by atoms with Gasteiger partial charge < -0.3 is 9.72 Å². The second kappa shape index (κ2) is 8.65. The summed E-state index contributed by atoms with van der Waals surface area (Å²) in [5.74, 6) is 0.218. The first-order valence-corrected chi connectivity index (χ1v) is 8.98. The summed E-state index contributed by atoms with van der Waals surface area (Å²) in [4.78, 5) is 37.3. The SMILES string of the molecule is O=c1[nH]c(/C=C/c2ccc(OCc3ccc(F)cc3)c(Br)c2)c([N+](=O)[O-])c(=O)[nH]1. The number of H-pyrrole nitrogens is 2. The summed E-state index contributed by atoms with van der Waals surface area (Å²) < 4.78 is 19.2. The first-order chi connectivity index (χ1) is 13.8. The number of benzene rings is 2. The van der Waals surface area contributed by atoms with Gasteiger partial charge in [0.15, 0.2) is 0 Å². The van der Waals surface area contributed by atoms with Crippen LogP contribution >= 0.6 is 15.9 Å². The molecule has 148 valence electrons. The lowest BCUT2D eigenvalue weighted by Crippen LogP contribution is -2.25. The van der Waals surface area contributed by atoms with Crippen LogP contribution in [0.4, 0.5) is 10.1 Å². The molecule has 3 aromatic rings. The van der Waals surface area contributed by atoms with Gasteiger partial charge in [0.1, 0.15) is 23.9 Å². The molecule has 2 N–H and O–H groups in total. The number of halogens is 2. The number of ether oxygens (including phenoxy) is 1. The van der Waals surface area contributed by atoms with Gasteiger partial charge in [-0.15, -0.1) is 0 Å². The second-order valence-electron chi connectivity index (χ2n) is 5.87. The summed E-state index contributed by atoms with van der Waals surface area (Å²) >= 11 is 3.38. The Balaban J connectivity index is 1.79. The molecule has 2 aromatic carbocycles. The summed E-state index contributed by atoms with van der Waals surface area (Å²) in [6, 6.07) is 11.0. The maximum Gasteiger partial charge on any atom is 0.357 e. The van der Waals surface area contributed by atoms with Gasteiger partial charge in [-0.3, -0.25) is 19.9 Å². The van der Waals surface area contributed by atoms with Crippen molar-refractivity contribution in [2.24, 2.45) is 0 Å². The molecule has 0 atom stereocenters. The minimum Gasteiger partial charge on any atom is -0.488 e. The van der Waals surface area contributed by atoms with Crippen molar-refractivity contribution >= 4 is 33.8 Å². The van der Waals surface area contributed by atoms with Crippen LogP contribution in [-0.4, -0.2) is 14.9 Å². The Labute approximate surface area is 171 Å². The standard InChI is InChI=1S/C19H13BrFN3O5/c20-14-9-11(3-7-15-17(24(27)28)18(25)23-19(26)22-15)4-8-16(14)29-10-12-1-5-13(21)6-2-12/h1-9H,10H2,(H2,22,23,25,26)/b7-3+. The molecule has 0 bridgehead atoms. The molecule has 1 heterocycles. The maximum atomic E-state index is 12.9. The number of hydrogen-bond acceptors (Lipinski definition) is 5. The lowest BCUT2D eigenvalue weighted by molar-refractivity contribution is -0.386. The third-order valence-electron chi connectivity index (χ3n) is 3.83. The van der Waals surface area contributed by atoms with Crippen molar-refractivity contribution in [3.63, 3.8) is 0 Å². The number of nitro groups is 1. The van der Waals surface area contributed by atoms with Crippen molar-refractivity contribution in [3.05, 3.63) is 101 Å². The molecule has 3 rings (SSSR count). The fraction of sp³-hybridized carbons (Fsp3) is 0.0526. The van der Waals surface area contributed by atoms with E-state index in [1.807, 2.05) is 4.98 Å². The Kier molecular flexibility index (Phi) is 6.03. The summed E-state index contributed by atoms with van der Waals surface area (Å²) in [7, 11) is 0. The van der Waals surface area contributed by atoms with Gasteiger partial charge in [-0.25, -0.2) is 9.18 Å². The van der Waals surface area contributed by atoms with Gasteiger partial charge in [-0.1, -0.05) is 24.3 Å². The van der Waals surface area contributed by atoms with Gasteiger partial charge in [-0.2, -0.15) is 0 Å². The zero-order chi connectivity index (χ0) is 21.0. The van der Waals surface area contributed by atoms with E-state index in [2.05, 4.69) is 20.9 Å². The number of nitrogens with one attached hydrogen (secondary N) is 2. The minimum atomic E-state index is -1.08. The molecule has 0 fully saturated rings. The van der Waals surface area contributed by atoms with Gasteiger partial charge in [-0.05, 0) is 57.4 Å². The number of nitrogens with zero attached hydrogens (tertiary/aromatic N) is 1. The van der Waals surface area contributed by atoms with Crippen molar-refractivity contribution in [2.75, 3.05) is 0 Å². The van der Waals surface area contributed by atoms with E-state index in [4.69, 9.17) is 4.74 Å². The van der Waals surface area contributed by atoms with Gasteiger partial charge in [0, 0.05) is 0 Å². The van der Waals surface area contributed by atoms with Crippen molar-refractivity contribution < 1.29 is 14.1 Å². The summed E-state index contributed by atoms with van der Waals surface area (Å²) in [6.45, 7) is 0.244. The number of aromatic amines is 2. The maximum absolute atomic E-state index is 12.9. The molecule has 0 unspecified atom stereocenters. The fourth-order valence-corrected chi connectivity index (χ4v) is 2.97. The number of rotatable bonds is 6. The predicted molar refractivity (Wildman–Crippen MR) is 108 cm³/mol. The second-order valence-corrected chi connectivity index (χ2v) is 6.72. The molecule has 0 radical (unpaired) electrons. The summed E-state index contributed by atoms with van der Waals surface area (Å²) in [5, 5.41) is 11.1. The van der Waals surface area contributed by atoms with E-state index in [0.29, 0.717) is 15.8 Å². The third-order valence-corrected chi connectivity index (χ3v) is 4.45. The highest BCUT2D eigenvalue weighted by Crippen LogP contribution is 2.28. The average molecular weight is 462 g/mol. The Morgan fingerprint density at radius 1 is 1.10 bits per heavy atom.